The normalized spacial score (nSPS) is 29.1. The molecule has 3 rings (SSSR count). The molecule has 1 aliphatic heterocycles. The number of amides is 2. The van der Waals surface area contributed by atoms with Crippen molar-refractivity contribution in [1.29, 1.82) is 0 Å². The molecule has 0 aromatic heterocycles. The van der Waals surface area contributed by atoms with Gasteiger partial charge in [0.15, 0.2) is 11.6 Å². The second-order valence-electron chi connectivity index (χ2n) is 15.0. The first-order valence-corrected chi connectivity index (χ1v) is 20.7. The van der Waals surface area contributed by atoms with Gasteiger partial charge in [-0.1, -0.05) is 106 Å². The molecule has 3 aliphatic rings. The van der Waals surface area contributed by atoms with Crippen LogP contribution in [0.25, 0.3) is 0 Å². The van der Waals surface area contributed by atoms with Crippen LogP contribution >= 0.6 is 11.8 Å². The van der Waals surface area contributed by atoms with Crippen LogP contribution in [0.2, 0.25) is 0 Å². The largest absolute Gasteiger partial charge is 0.382 e. The van der Waals surface area contributed by atoms with Gasteiger partial charge in [0.25, 0.3) is 0 Å². The van der Waals surface area contributed by atoms with Crippen LogP contribution in [-0.4, -0.2) is 94.9 Å². The number of nitrogens with zero attached hydrogens (tertiary/aromatic N) is 1. The summed E-state index contributed by atoms with van der Waals surface area (Å²) in [6, 6.07) is 0. The molecule has 10 nitrogen and oxygen atoms in total. The second-order valence-corrected chi connectivity index (χ2v) is 16.4. The molecule has 4 atom stereocenters. The second kappa shape index (κ2) is 24.8. The Morgan fingerprint density at radius 1 is 0.760 bits per heavy atom. The van der Waals surface area contributed by atoms with E-state index in [1.165, 1.54) is 6.42 Å². The summed E-state index contributed by atoms with van der Waals surface area (Å²) in [6.45, 7) is 12.7. The number of hydrogen-bond acceptors (Lipinski definition) is 10. The zero-order chi connectivity index (χ0) is 37.7. The molecule has 2 amide bonds. The highest BCUT2D eigenvalue weighted by Gasteiger charge is 2.42. The summed E-state index contributed by atoms with van der Waals surface area (Å²) in [5.74, 6) is 0.578. The SMILES string of the molecule is CCC1CCCC(CC)CC(O)(C(=O)COCN2C(=O)CCC2=O)C1.CCC1CCCC(CC)CC(O)(C(=O)COCNC)C1.CSC(C)C. The topological polar surface area (TPSA) is 142 Å². The molecule has 0 radical (unpaired) electrons. The van der Waals surface area contributed by atoms with Crippen molar-refractivity contribution in [2.75, 3.05) is 40.0 Å². The van der Waals surface area contributed by atoms with Crippen LogP contribution in [0, 0.1) is 23.7 Å². The number of rotatable bonds is 15. The van der Waals surface area contributed by atoms with Crippen molar-refractivity contribution >= 4 is 35.1 Å². The fraction of sp³-hybridized carbons (Fsp3) is 0.897. The molecule has 11 heteroatoms. The van der Waals surface area contributed by atoms with Gasteiger partial charge in [-0.25, -0.2) is 0 Å². The molecule has 0 spiro atoms. The Morgan fingerprint density at radius 3 is 1.40 bits per heavy atom. The summed E-state index contributed by atoms with van der Waals surface area (Å²) < 4.78 is 10.6. The number of ether oxygens (including phenoxy) is 2. The molecule has 2 aliphatic carbocycles. The van der Waals surface area contributed by atoms with E-state index in [9.17, 15) is 29.4 Å². The summed E-state index contributed by atoms with van der Waals surface area (Å²) in [5, 5.41) is 25.6. The highest BCUT2D eigenvalue weighted by Crippen LogP contribution is 2.37. The lowest BCUT2D eigenvalue weighted by Crippen LogP contribution is -2.46. The van der Waals surface area contributed by atoms with Gasteiger partial charge in [0.1, 0.15) is 31.1 Å². The third-order valence-electron chi connectivity index (χ3n) is 10.9. The summed E-state index contributed by atoms with van der Waals surface area (Å²) in [4.78, 5) is 49.2. The van der Waals surface area contributed by atoms with Gasteiger partial charge < -0.3 is 19.7 Å². The molecule has 0 bridgehead atoms. The quantitative estimate of drug-likeness (QED) is 0.0950. The number of Topliss-reactive ketones (excluding diaryl/α,β-unsaturated/α-hetero) is 2. The fourth-order valence-corrected chi connectivity index (χ4v) is 7.24. The molecular weight excluding hydrogens is 657 g/mol. The lowest BCUT2D eigenvalue weighted by molar-refractivity contribution is -0.154. The minimum absolute atomic E-state index is 0.00418. The Balaban J connectivity index is 0.000000449. The molecule has 0 aromatic carbocycles. The Labute approximate surface area is 307 Å². The van der Waals surface area contributed by atoms with Crippen LogP contribution in [0.1, 0.15) is 144 Å². The van der Waals surface area contributed by atoms with E-state index in [2.05, 4.69) is 53.1 Å². The van der Waals surface area contributed by atoms with E-state index in [-0.39, 0.29) is 56.2 Å². The number of carbonyl (C=O) groups excluding carboxylic acids is 4. The predicted molar refractivity (Wildman–Crippen MR) is 202 cm³/mol. The predicted octanol–water partition coefficient (Wildman–Crippen LogP) is 6.68. The Kier molecular flexibility index (Phi) is 23.1. The average Bonchev–Trinajstić information content (AvgIpc) is 3.40. The van der Waals surface area contributed by atoms with Crippen LogP contribution < -0.4 is 5.32 Å². The Hall–Kier alpha value is -1.37. The first-order valence-electron chi connectivity index (χ1n) is 19.4. The van der Waals surface area contributed by atoms with E-state index in [1.54, 1.807) is 7.05 Å². The van der Waals surface area contributed by atoms with Crippen molar-refractivity contribution in [3.8, 4) is 0 Å². The number of ketones is 2. The van der Waals surface area contributed by atoms with Crippen molar-refractivity contribution in [3.63, 3.8) is 0 Å². The van der Waals surface area contributed by atoms with E-state index in [1.807, 2.05) is 11.8 Å². The van der Waals surface area contributed by atoms with Crippen molar-refractivity contribution in [1.82, 2.24) is 10.2 Å². The summed E-state index contributed by atoms with van der Waals surface area (Å²) >= 11 is 1.88. The maximum Gasteiger partial charge on any atom is 0.231 e. The lowest BCUT2D eigenvalue weighted by Gasteiger charge is -2.36. The monoisotopic (exact) mass is 729 g/mol. The molecule has 292 valence electrons. The molecule has 50 heavy (non-hydrogen) atoms. The van der Waals surface area contributed by atoms with Crippen molar-refractivity contribution < 1.29 is 38.9 Å². The van der Waals surface area contributed by atoms with Gasteiger partial charge in [0.2, 0.25) is 11.8 Å². The van der Waals surface area contributed by atoms with Gasteiger partial charge in [0, 0.05) is 12.8 Å². The number of nitrogens with one attached hydrogen (secondary N) is 1. The van der Waals surface area contributed by atoms with E-state index >= 15 is 0 Å². The summed E-state index contributed by atoms with van der Waals surface area (Å²) in [6.07, 6.45) is 15.3. The van der Waals surface area contributed by atoms with Crippen LogP contribution in [0.3, 0.4) is 0 Å². The van der Waals surface area contributed by atoms with Crippen molar-refractivity contribution in [3.05, 3.63) is 0 Å². The summed E-state index contributed by atoms with van der Waals surface area (Å²) in [7, 11) is 1.77. The number of imide groups is 1. The standard InChI is InChI=1S/C19H31NO5.C16H31NO3.C4H10S/c1-3-14-6-5-7-15(4-2)11-19(24,10-14)16(21)12-25-13-20-17(22)8-9-18(20)23;1-4-13-7-6-8-14(5-2)10-16(19,9-13)15(18)11-20-12-17-3;1-4(2)5-3/h14-15,24H,3-13H2,1-2H3;13-14,17,19H,4-12H2,1-3H3;4H,1-3H3. The number of carbonyl (C=O) groups is 4. The van der Waals surface area contributed by atoms with Crippen LogP contribution in [0.4, 0.5) is 0 Å². The van der Waals surface area contributed by atoms with Gasteiger partial charge in [-0.05, 0) is 67.9 Å². The summed E-state index contributed by atoms with van der Waals surface area (Å²) in [5.41, 5.74) is -2.55. The van der Waals surface area contributed by atoms with E-state index in [0.717, 1.165) is 67.9 Å². The first-order chi connectivity index (χ1) is 23.7. The zero-order valence-corrected chi connectivity index (χ0v) is 33.5. The van der Waals surface area contributed by atoms with Gasteiger partial charge in [-0.2, -0.15) is 11.8 Å². The average molecular weight is 729 g/mol. The Morgan fingerprint density at radius 2 is 1.10 bits per heavy atom. The van der Waals surface area contributed by atoms with Gasteiger partial charge in [-0.15, -0.1) is 0 Å². The zero-order valence-electron chi connectivity index (χ0n) is 32.7. The van der Waals surface area contributed by atoms with Crippen LogP contribution in [0.5, 0.6) is 0 Å². The van der Waals surface area contributed by atoms with E-state index in [4.69, 9.17) is 9.47 Å². The fourth-order valence-electron chi connectivity index (χ4n) is 7.24. The molecule has 1 heterocycles. The van der Waals surface area contributed by atoms with E-state index < -0.39 is 11.2 Å². The minimum atomic E-state index is -1.36. The molecule has 4 unspecified atom stereocenters. The van der Waals surface area contributed by atoms with Crippen LogP contribution in [0.15, 0.2) is 0 Å². The van der Waals surface area contributed by atoms with Gasteiger partial charge in [0.05, 0.1) is 6.73 Å². The lowest BCUT2D eigenvalue weighted by atomic mass is 9.73. The number of likely N-dealkylation sites (tertiary alicyclic amines) is 1. The number of aliphatic hydroxyl groups is 2. The molecule has 1 saturated heterocycles. The number of hydrogen-bond donors (Lipinski definition) is 3. The van der Waals surface area contributed by atoms with Gasteiger partial charge in [-0.3, -0.25) is 29.4 Å². The van der Waals surface area contributed by atoms with E-state index in [0.29, 0.717) is 56.1 Å². The maximum atomic E-state index is 12.7. The minimum Gasteiger partial charge on any atom is -0.382 e. The molecule has 3 N–H and O–H groups in total. The molecule has 2 saturated carbocycles. The van der Waals surface area contributed by atoms with Crippen molar-refractivity contribution in [2.45, 2.75) is 161 Å². The first kappa shape index (κ1) is 46.7. The Bertz CT molecular complexity index is 965. The molecule has 0 aromatic rings. The maximum absolute atomic E-state index is 12.7. The number of thioether (sulfide) groups is 1. The molecular formula is C39H72N2O8S. The smallest absolute Gasteiger partial charge is 0.231 e. The highest BCUT2D eigenvalue weighted by atomic mass is 32.2. The highest BCUT2D eigenvalue weighted by molar-refractivity contribution is 7.99. The third kappa shape index (κ3) is 16.5. The van der Waals surface area contributed by atoms with Crippen molar-refractivity contribution in [2.24, 2.45) is 23.7 Å². The van der Waals surface area contributed by atoms with Gasteiger partial charge >= 0.3 is 0 Å². The molecule has 3 fully saturated rings. The third-order valence-corrected chi connectivity index (χ3v) is 11.8. The van der Waals surface area contributed by atoms with Crippen LogP contribution in [-0.2, 0) is 28.7 Å².